The van der Waals surface area contributed by atoms with Crippen LogP contribution in [0.1, 0.15) is 20.3 Å². The minimum absolute atomic E-state index is 0.0830. The molecule has 130 valence electrons. The van der Waals surface area contributed by atoms with Crippen LogP contribution in [0.15, 0.2) is 28.0 Å². The zero-order chi connectivity index (χ0) is 17.5. The number of carbonyl (C=O) groups is 2. The minimum atomic E-state index is -0.522. The third-order valence-electron chi connectivity index (χ3n) is 3.15. The number of nitrogens with two attached hydrogens (primary N) is 1. The Labute approximate surface area is 144 Å². The van der Waals surface area contributed by atoms with Crippen LogP contribution in [-0.4, -0.2) is 38.9 Å². The monoisotopic (exact) mass is 351 g/mol. The summed E-state index contributed by atoms with van der Waals surface area (Å²) in [5, 5.41) is 11.4. The van der Waals surface area contributed by atoms with Crippen LogP contribution < -0.4 is 11.1 Å². The van der Waals surface area contributed by atoms with E-state index >= 15 is 0 Å². The Morgan fingerprint density at radius 2 is 2.21 bits per heavy atom. The standard InChI is InChI=1S/C15H21N5O3S/c1-10(2)5-6-17-13(22)9-24-15-19-18-14(11-4-3-7-23-11)20(15)8-12(16)21/h3-4,7,10H,5-6,8-9H2,1-2H3,(H2,16,21)(H,17,22). The summed E-state index contributed by atoms with van der Waals surface area (Å²) < 4.78 is 6.84. The quantitative estimate of drug-likeness (QED) is 0.657. The van der Waals surface area contributed by atoms with E-state index in [1.165, 1.54) is 18.0 Å². The first-order chi connectivity index (χ1) is 11.5. The maximum Gasteiger partial charge on any atom is 0.237 e. The Morgan fingerprint density at radius 3 is 2.83 bits per heavy atom. The smallest absolute Gasteiger partial charge is 0.237 e. The molecule has 2 rings (SSSR count). The summed E-state index contributed by atoms with van der Waals surface area (Å²) in [4.78, 5) is 23.2. The number of carbonyl (C=O) groups excluding carboxylic acids is 2. The van der Waals surface area contributed by atoms with Crippen LogP contribution in [0.5, 0.6) is 0 Å². The van der Waals surface area contributed by atoms with Crippen LogP contribution in [-0.2, 0) is 16.1 Å². The zero-order valence-electron chi connectivity index (χ0n) is 13.7. The number of nitrogens with zero attached hydrogens (tertiary/aromatic N) is 3. The lowest BCUT2D eigenvalue weighted by atomic mass is 10.1. The highest BCUT2D eigenvalue weighted by Crippen LogP contribution is 2.24. The number of furan rings is 1. The normalized spacial score (nSPS) is 11.0. The van der Waals surface area contributed by atoms with E-state index in [2.05, 4.69) is 29.4 Å². The fourth-order valence-corrected chi connectivity index (χ4v) is 2.73. The number of thioether (sulfide) groups is 1. The Bertz CT molecular complexity index is 681. The molecular weight excluding hydrogens is 330 g/mol. The Kier molecular flexibility index (Phi) is 6.42. The van der Waals surface area contributed by atoms with Crippen LogP contribution in [0, 0.1) is 5.92 Å². The van der Waals surface area contributed by atoms with E-state index in [1.807, 2.05) is 0 Å². The van der Waals surface area contributed by atoms with Crippen molar-refractivity contribution in [1.29, 1.82) is 0 Å². The van der Waals surface area contributed by atoms with Gasteiger partial charge in [-0.15, -0.1) is 10.2 Å². The molecule has 0 atom stereocenters. The summed E-state index contributed by atoms with van der Waals surface area (Å²) in [6.45, 7) is 4.76. The van der Waals surface area contributed by atoms with Gasteiger partial charge in [0, 0.05) is 6.54 Å². The summed E-state index contributed by atoms with van der Waals surface area (Å²) in [5.74, 6) is 0.998. The van der Waals surface area contributed by atoms with Gasteiger partial charge in [-0.25, -0.2) is 0 Å². The van der Waals surface area contributed by atoms with Gasteiger partial charge in [0.15, 0.2) is 10.9 Å². The number of nitrogens with one attached hydrogen (secondary N) is 1. The topological polar surface area (TPSA) is 116 Å². The summed E-state index contributed by atoms with van der Waals surface area (Å²) in [5.41, 5.74) is 5.29. The van der Waals surface area contributed by atoms with Crippen LogP contribution in [0.4, 0.5) is 0 Å². The van der Waals surface area contributed by atoms with E-state index in [4.69, 9.17) is 10.2 Å². The molecule has 0 aliphatic heterocycles. The van der Waals surface area contributed by atoms with E-state index < -0.39 is 5.91 Å². The first-order valence-corrected chi connectivity index (χ1v) is 8.60. The van der Waals surface area contributed by atoms with Gasteiger partial charge >= 0.3 is 0 Å². The average Bonchev–Trinajstić information content (AvgIpc) is 3.13. The van der Waals surface area contributed by atoms with Crippen molar-refractivity contribution in [1.82, 2.24) is 20.1 Å². The number of primary amides is 1. The summed E-state index contributed by atoms with van der Waals surface area (Å²) in [6, 6.07) is 3.43. The van der Waals surface area contributed by atoms with Crippen molar-refractivity contribution in [3.63, 3.8) is 0 Å². The fourth-order valence-electron chi connectivity index (χ4n) is 1.96. The second-order valence-electron chi connectivity index (χ2n) is 5.66. The first kappa shape index (κ1) is 18.1. The number of aromatic nitrogens is 3. The maximum absolute atomic E-state index is 11.9. The number of hydrogen-bond acceptors (Lipinski definition) is 6. The molecule has 0 spiro atoms. The van der Waals surface area contributed by atoms with Crippen molar-refractivity contribution in [3.05, 3.63) is 18.4 Å². The van der Waals surface area contributed by atoms with Gasteiger partial charge < -0.3 is 15.5 Å². The number of rotatable bonds is 9. The van der Waals surface area contributed by atoms with Gasteiger partial charge in [0.25, 0.3) is 0 Å². The van der Waals surface area contributed by atoms with Gasteiger partial charge in [-0.2, -0.15) is 0 Å². The van der Waals surface area contributed by atoms with Gasteiger partial charge in [0.2, 0.25) is 17.6 Å². The molecule has 2 aromatic rings. The van der Waals surface area contributed by atoms with Gasteiger partial charge in [0.1, 0.15) is 6.54 Å². The molecule has 9 heteroatoms. The molecular formula is C15H21N5O3S. The Hall–Kier alpha value is -2.29. The predicted molar refractivity (Wildman–Crippen MR) is 90.1 cm³/mol. The van der Waals surface area contributed by atoms with Gasteiger partial charge in [-0.1, -0.05) is 25.6 Å². The maximum atomic E-state index is 11.9. The summed E-state index contributed by atoms with van der Waals surface area (Å²) in [6.07, 6.45) is 2.44. The largest absolute Gasteiger partial charge is 0.461 e. The van der Waals surface area contributed by atoms with Crippen LogP contribution in [0.25, 0.3) is 11.6 Å². The van der Waals surface area contributed by atoms with Gasteiger partial charge in [-0.05, 0) is 24.5 Å². The molecule has 24 heavy (non-hydrogen) atoms. The van der Waals surface area contributed by atoms with Crippen molar-refractivity contribution < 1.29 is 14.0 Å². The molecule has 2 heterocycles. The average molecular weight is 351 g/mol. The van der Waals surface area contributed by atoms with Gasteiger partial charge in [0.05, 0.1) is 12.0 Å². The molecule has 0 saturated heterocycles. The molecule has 2 aromatic heterocycles. The number of amides is 2. The lowest BCUT2D eigenvalue weighted by molar-refractivity contribution is -0.119. The predicted octanol–water partition coefficient (Wildman–Crippen LogP) is 1.28. The highest BCUT2D eigenvalue weighted by atomic mass is 32.2. The van der Waals surface area contributed by atoms with Crippen LogP contribution in [0.2, 0.25) is 0 Å². The third-order valence-corrected chi connectivity index (χ3v) is 4.12. The summed E-state index contributed by atoms with van der Waals surface area (Å²) >= 11 is 1.20. The molecule has 0 unspecified atom stereocenters. The Balaban J connectivity index is 2.02. The highest BCUT2D eigenvalue weighted by Gasteiger charge is 2.18. The third kappa shape index (κ3) is 5.12. The lowest BCUT2D eigenvalue weighted by Gasteiger charge is -2.08. The zero-order valence-corrected chi connectivity index (χ0v) is 14.5. The molecule has 0 bridgehead atoms. The Morgan fingerprint density at radius 1 is 1.42 bits per heavy atom. The van der Waals surface area contributed by atoms with Crippen molar-refractivity contribution in [2.75, 3.05) is 12.3 Å². The molecule has 0 saturated carbocycles. The molecule has 0 aromatic carbocycles. The molecule has 0 radical (unpaired) electrons. The summed E-state index contributed by atoms with van der Waals surface area (Å²) in [7, 11) is 0. The van der Waals surface area contributed by atoms with Gasteiger partial charge in [-0.3, -0.25) is 14.2 Å². The molecule has 0 fully saturated rings. The van der Waals surface area contributed by atoms with Crippen LogP contribution in [0.3, 0.4) is 0 Å². The fraction of sp³-hybridized carbons (Fsp3) is 0.467. The minimum Gasteiger partial charge on any atom is -0.461 e. The second-order valence-corrected chi connectivity index (χ2v) is 6.60. The van der Waals surface area contributed by atoms with E-state index in [9.17, 15) is 9.59 Å². The van der Waals surface area contributed by atoms with E-state index in [1.54, 1.807) is 16.7 Å². The second kappa shape index (κ2) is 8.53. The SMILES string of the molecule is CC(C)CCNC(=O)CSc1nnc(-c2ccco2)n1CC(N)=O. The van der Waals surface area contributed by atoms with E-state index in [-0.39, 0.29) is 18.2 Å². The van der Waals surface area contributed by atoms with Crippen molar-refractivity contribution in [2.24, 2.45) is 11.7 Å². The lowest BCUT2D eigenvalue weighted by Crippen LogP contribution is -2.27. The van der Waals surface area contributed by atoms with Crippen LogP contribution >= 0.6 is 11.8 Å². The van der Waals surface area contributed by atoms with E-state index in [0.29, 0.717) is 29.2 Å². The molecule has 2 amide bonds. The number of hydrogen-bond donors (Lipinski definition) is 2. The first-order valence-electron chi connectivity index (χ1n) is 7.62. The molecule has 0 aliphatic rings. The van der Waals surface area contributed by atoms with E-state index in [0.717, 1.165) is 6.42 Å². The van der Waals surface area contributed by atoms with Crippen molar-refractivity contribution in [3.8, 4) is 11.6 Å². The van der Waals surface area contributed by atoms with Crippen molar-refractivity contribution in [2.45, 2.75) is 32.0 Å². The molecule has 8 nitrogen and oxygen atoms in total. The van der Waals surface area contributed by atoms with Crippen molar-refractivity contribution >= 4 is 23.6 Å². The molecule has 3 N–H and O–H groups in total. The highest BCUT2D eigenvalue weighted by molar-refractivity contribution is 7.99. The molecule has 0 aliphatic carbocycles.